The Morgan fingerprint density at radius 3 is 2.05 bits per heavy atom. The monoisotopic (exact) mass is 295 g/mol. The molecule has 1 aliphatic rings. The van der Waals surface area contributed by atoms with Crippen molar-refractivity contribution >= 4 is 5.97 Å². The smallest absolute Gasteiger partial charge is 0.423 e. The van der Waals surface area contributed by atoms with Gasteiger partial charge in [-0.3, -0.25) is 4.79 Å². The second-order valence-corrected chi connectivity index (χ2v) is 4.43. The van der Waals surface area contributed by atoms with Crippen LogP contribution in [-0.4, -0.2) is 41.2 Å². The molecule has 0 aromatic rings. The molecule has 3 N–H and O–H groups in total. The van der Waals surface area contributed by atoms with Gasteiger partial charge in [-0.25, -0.2) is 0 Å². The van der Waals surface area contributed by atoms with Gasteiger partial charge in [0, 0.05) is 6.42 Å². The fraction of sp³-hybridized carbons (Fsp3) is 0.889. The van der Waals surface area contributed by atoms with Crippen LogP contribution in [-0.2, 0) is 9.53 Å². The molecule has 112 valence electrons. The van der Waals surface area contributed by atoms with E-state index >= 15 is 0 Å². The largest absolute Gasteiger partial charge is 0.480 e. The van der Waals surface area contributed by atoms with Crippen molar-refractivity contribution in [2.24, 2.45) is 5.73 Å². The number of hydrogen-bond donors (Lipinski definition) is 2. The van der Waals surface area contributed by atoms with Gasteiger partial charge >= 0.3 is 18.3 Å². The van der Waals surface area contributed by atoms with Crippen molar-refractivity contribution in [3.63, 3.8) is 0 Å². The van der Waals surface area contributed by atoms with Gasteiger partial charge in [-0.15, -0.1) is 0 Å². The van der Waals surface area contributed by atoms with E-state index in [-0.39, 0.29) is 12.8 Å². The molecule has 0 bridgehead atoms. The molecule has 1 fully saturated rings. The number of hydrogen-bond acceptors (Lipinski definition) is 3. The Labute approximate surface area is 103 Å². The number of carboxylic acid groups (broad SMARTS) is 1. The van der Waals surface area contributed by atoms with Crippen molar-refractivity contribution in [2.75, 3.05) is 0 Å². The van der Waals surface area contributed by atoms with Gasteiger partial charge < -0.3 is 15.6 Å². The van der Waals surface area contributed by atoms with Crippen molar-refractivity contribution in [1.82, 2.24) is 0 Å². The van der Waals surface area contributed by atoms with Gasteiger partial charge in [0.25, 0.3) is 0 Å². The first-order valence-electron chi connectivity index (χ1n) is 5.17. The maximum Gasteiger partial charge on any atom is 0.423 e. The Bertz CT molecular complexity index is 341. The van der Waals surface area contributed by atoms with E-state index < -0.39 is 42.5 Å². The zero-order chi connectivity index (χ0) is 15.1. The molecule has 10 heteroatoms. The number of halogens is 6. The van der Waals surface area contributed by atoms with Gasteiger partial charge in [0.2, 0.25) is 6.10 Å². The van der Waals surface area contributed by atoms with Crippen LogP contribution in [0, 0.1) is 0 Å². The minimum atomic E-state index is -5.61. The third-order valence-electron chi connectivity index (χ3n) is 2.85. The number of carboxylic acids is 1. The highest BCUT2D eigenvalue weighted by molar-refractivity contribution is 5.78. The molecule has 0 radical (unpaired) electrons. The van der Waals surface area contributed by atoms with Crippen LogP contribution >= 0.6 is 0 Å². The quantitative estimate of drug-likeness (QED) is 0.779. The number of nitrogens with two attached hydrogens (primary N) is 1. The molecule has 0 aromatic heterocycles. The van der Waals surface area contributed by atoms with Crippen molar-refractivity contribution in [2.45, 2.75) is 49.4 Å². The minimum Gasteiger partial charge on any atom is -0.480 e. The third-order valence-corrected chi connectivity index (χ3v) is 2.85. The standard InChI is InChI=1S/C9H11F6NO3/c10-8(11,12)5(9(13,14)15)19-4-1-2-7(16,3-4)6(17)18/h4-5H,1-3,16H2,(H,17,18). The fourth-order valence-electron chi connectivity index (χ4n) is 1.87. The second kappa shape index (κ2) is 4.82. The Morgan fingerprint density at radius 1 is 1.26 bits per heavy atom. The lowest BCUT2D eigenvalue weighted by molar-refractivity contribution is -0.330. The summed E-state index contributed by atoms with van der Waals surface area (Å²) >= 11 is 0. The molecule has 0 aromatic carbocycles. The van der Waals surface area contributed by atoms with Gasteiger partial charge in [0.15, 0.2) is 0 Å². The van der Waals surface area contributed by atoms with Gasteiger partial charge in [-0.2, -0.15) is 26.3 Å². The van der Waals surface area contributed by atoms with Crippen molar-refractivity contribution in [3.8, 4) is 0 Å². The Balaban J connectivity index is 2.76. The molecule has 0 amide bonds. The van der Waals surface area contributed by atoms with Crippen molar-refractivity contribution in [3.05, 3.63) is 0 Å². The number of alkyl halides is 6. The molecule has 0 aliphatic heterocycles. The summed E-state index contributed by atoms with van der Waals surface area (Å²) in [6.07, 6.45) is -17.7. The van der Waals surface area contributed by atoms with E-state index in [4.69, 9.17) is 10.8 Å². The minimum absolute atomic E-state index is 0.241. The maximum absolute atomic E-state index is 12.2. The number of aliphatic carboxylic acids is 1. The predicted octanol–water partition coefficient (Wildman–Crippen LogP) is 1.83. The summed E-state index contributed by atoms with van der Waals surface area (Å²) in [4.78, 5) is 10.7. The first-order valence-corrected chi connectivity index (χ1v) is 5.17. The molecular formula is C9H11F6NO3. The topological polar surface area (TPSA) is 72.6 Å². The molecule has 1 saturated carbocycles. The molecule has 2 unspecified atom stereocenters. The van der Waals surface area contributed by atoms with Crippen molar-refractivity contribution in [1.29, 1.82) is 0 Å². The summed E-state index contributed by atoms with van der Waals surface area (Å²) in [5.74, 6) is -1.48. The number of ether oxygens (including phenoxy) is 1. The third kappa shape index (κ3) is 3.72. The molecular weight excluding hydrogens is 284 g/mol. The molecule has 0 heterocycles. The fourth-order valence-corrected chi connectivity index (χ4v) is 1.87. The Kier molecular flexibility index (Phi) is 4.06. The first-order chi connectivity index (χ1) is 8.36. The zero-order valence-corrected chi connectivity index (χ0v) is 9.38. The Hall–Kier alpha value is -1.03. The summed E-state index contributed by atoms with van der Waals surface area (Å²) in [5.41, 5.74) is 3.50. The lowest BCUT2D eigenvalue weighted by Gasteiger charge is -2.26. The van der Waals surface area contributed by atoms with Crippen LogP contribution in [0.15, 0.2) is 0 Å². The molecule has 1 rings (SSSR count). The molecule has 0 spiro atoms. The van der Waals surface area contributed by atoms with Gasteiger partial charge in [-0.05, 0) is 12.8 Å². The molecule has 1 aliphatic carbocycles. The molecule has 4 nitrogen and oxygen atoms in total. The first kappa shape index (κ1) is 16.0. The van der Waals surface area contributed by atoms with Crippen LogP contribution in [0.1, 0.15) is 19.3 Å². The predicted molar refractivity (Wildman–Crippen MR) is 49.2 cm³/mol. The zero-order valence-electron chi connectivity index (χ0n) is 9.38. The van der Waals surface area contributed by atoms with Crippen LogP contribution in [0.5, 0.6) is 0 Å². The highest BCUT2D eigenvalue weighted by Crippen LogP contribution is 2.39. The Morgan fingerprint density at radius 2 is 1.74 bits per heavy atom. The van der Waals surface area contributed by atoms with Gasteiger partial charge in [0.1, 0.15) is 5.54 Å². The average Bonchev–Trinajstić information content (AvgIpc) is 2.55. The van der Waals surface area contributed by atoms with Crippen LogP contribution < -0.4 is 5.73 Å². The maximum atomic E-state index is 12.2. The summed E-state index contributed by atoms with van der Waals surface area (Å²) in [6, 6.07) is 0. The van der Waals surface area contributed by atoms with E-state index in [9.17, 15) is 31.1 Å². The second-order valence-electron chi connectivity index (χ2n) is 4.43. The van der Waals surface area contributed by atoms with Crippen LogP contribution in [0.4, 0.5) is 26.3 Å². The van der Waals surface area contributed by atoms with E-state index in [0.29, 0.717) is 0 Å². The molecule has 19 heavy (non-hydrogen) atoms. The van der Waals surface area contributed by atoms with Gasteiger partial charge in [-0.1, -0.05) is 0 Å². The van der Waals surface area contributed by atoms with Crippen LogP contribution in [0.25, 0.3) is 0 Å². The SMILES string of the molecule is NC1(C(=O)O)CCC(OC(C(F)(F)F)C(F)(F)F)C1. The van der Waals surface area contributed by atoms with Crippen molar-refractivity contribution < 1.29 is 41.0 Å². The van der Waals surface area contributed by atoms with E-state index in [1.807, 2.05) is 0 Å². The summed E-state index contributed by atoms with van der Waals surface area (Å²) in [6.45, 7) is 0. The normalized spacial score (nSPS) is 28.9. The van der Waals surface area contributed by atoms with Gasteiger partial charge in [0.05, 0.1) is 6.10 Å². The summed E-state index contributed by atoms with van der Waals surface area (Å²) < 4.78 is 77.4. The highest BCUT2D eigenvalue weighted by Gasteiger charge is 2.59. The van der Waals surface area contributed by atoms with E-state index in [0.717, 1.165) is 0 Å². The average molecular weight is 295 g/mol. The lowest BCUT2D eigenvalue weighted by atomic mass is 10.00. The number of carbonyl (C=O) groups is 1. The number of rotatable bonds is 3. The van der Waals surface area contributed by atoms with Crippen LogP contribution in [0.2, 0.25) is 0 Å². The van der Waals surface area contributed by atoms with E-state index in [1.54, 1.807) is 0 Å². The highest BCUT2D eigenvalue weighted by atomic mass is 19.4. The molecule has 0 saturated heterocycles. The van der Waals surface area contributed by atoms with E-state index in [2.05, 4.69) is 4.74 Å². The van der Waals surface area contributed by atoms with E-state index in [1.165, 1.54) is 0 Å². The summed E-state index contributed by atoms with van der Waals surface area (Å²) in [5, 5.41) is 8.72. The molecule has 2 atom stereocenters. The summed E-state index contributed by atoms with van der Waals surface area (Å²) in [7, 11) is 0. The lowest BCUT2D eigenvalue weighted by Crippen LogP contribution is -2.48. The van der Waals surface area contributed by atoms with Crippen LogP contribution in [0.3, 0.4) is 0 Å².